The Balaban J connectivity index is 2.10. The number of rotatable bonds is 8. The highest BCUT2D eigenvalue weighted by Gasteiger charge is 2.24. The Bertz CT molecular complexity index is 660. The molecule has 0 saturated heterocycles. The lowest BCUT2D eigenvalue weighted by Gasteiger charge is -2.15. The number of ether oxygens (including phenoxy) is 3. The van der Waals surface area contributed by atoms with E-state index in [0.29, 0.717) is 12.1 Å². The number of methoxy groups -OCH3 is 1. The molecule has 0 saturated carbocycles. The van der Waals surface area contributed by atoms with Crippen LogP contribution in [0, 0.1) is 0 Å². The first-order chi connectivity index (χ1) is 11.0. The summed E-state index contributed by atoms with van der Waals surface area (Å²) in [7, 11) is 1.51. The van der Waals surface area contributed by atoms with Gasteiger partial charge in [0.15, 0.2) is 11.9 Å². The molecule has 6 nitrogen and oxygen atoms in total. The van der Waals surface area contributed by atoms with Crippen LogP contribution in [0.25, 0.3) is 11.0 Å². The molecular weight excluding hydrogens is 310 g/mol. The van der Waals surface area contributed by atoms with Crippen molar-refractivity contribution in [1.82, 2.24) is 9.55 Å². The summed E-state index contributed by atoms with van der Waals surface area (Å²) in [5, 5.41) is 0. The molecule has 0 fully saturated rings. The summed E-state index contributed by atoms with van der Waals surface area (Å²) in [5.41, 5.74) is 0.707. The van der Waals surface area contributed by atoms with E-state index in [1.165, 1.54) is 14.0 Å². The Hall–Kier alpha value is -2.06. The Morgan fingerprint density at radius 1 is 1.30 bits per heavy atom. The molecule has 1 atom stereocenters. The summed E-state index contributed by atoms with van der Waals surface area (Å²) in [5.74, 6) is -0.659. The van der Waals surface area contributed by atoms with Gasteiger partial charge in [-0.25, -0.2) is 9.78 Å². The van der Waals surface area contributed by atoms with Crippen LogP contribution in [0.15, 0.2) is 24.3 Å². The normalized spacial score (nSPS) is 12.7. The number of alkyl halides is 2. The summed E-state index contributed by atoms with van der Waals surface area (Å²) in [6, 6.07) is 6.52. The van der Waals surface area contributed by atoms with Crippen molar-refractivity contribution in [2.75, 3.05) is 26.9 Å². The maximum atomic E-state index is 13.3. The molecule has 0 N–H and O–H groups in total. The molecule has 1 heterocycles. The van der Waals surface area contributed by atoms with Crippen LogP contribution < -0.4 is 0 Å². The van der Waals surface area contributed by atoms with Crippen molar-refractivity contribution in [3.05, 3.63) is 30.1 Å². The molecule has 8 heteroatoms. The van der Waals surface area contributed by atoms with Crippen LogP contribution in [0.1, 0.15) is 25.4 Å². The zero-order valence-electron chi connectivity index (χ0n) is 12.9. The van der Waals surface area contributed by atoms with Crippen molar-refractivity contribution >= 4 is 17.0 Å². The molecule has 2 aromatic rings. The third-order valence-electron chi connectivity index (χ3n) is 3.14. The molecule has 0 aliphatic heterocycles. The number of fused-ring (bicyclic) bond motifs is 1. The van der Waals surface area contributed by atoms with E-state index in [1.54, 1.807) is 24.3 Å². The number of para-hydroxylation sites is 2. The first-order valence-electron chi connectivity index (χ1n) is 7.05. The van der Waals surface area contributed by atoms with Crippen molar-refractivity contribution in [3.8, 4) is 0 Å². The minimum atomic E-state index is -2.78. The third kappa shape index (κ3) is 4.23. The molecule has 1 unspecified atom stereocenters. The van der Waals surface area contributed by atoms with E-state index in [1.807, 2.05) is 0 Å². The number of imidazole rings is 1. The second kappa shape index (κ2) is 7.98. The van der Waals surface area contributed by atoms with E-state index < -0.39 is 18.6 Å². The van der Waals surface area contributed by atoms with Crippen LogP contribution >= 0.6 is 0 Å². The fourth-order valence-corrected chi connectivity index (χ4v) is 2.14. The van der Waals surface area contributed by atoms with Gasteiger partial charge in [-0.1, -0.05) is 12.1 Å². The summed E-state index contributed by atoms with van der Waals surface area (Å²) in [4.78, 5) is 15.8. The van der Waals surface area contributed by atoms with E-state index >= 15 is 0 Å². The zero-order chi connectivity index (χ0) is 16.8. The first kappa shape index (κ1) is 17.3. The number of carbonyl (C=O) groups excluding carboxylic acids is 1. The Labute approximate surface area is 132 Å². The van der Waals surface area contributed by atoms with Gasteiger partial charge in [-0.15, -0.1) is 0 Å². The van der Waals surface area contributed by atoms with E-state index in [2.05, 4.69) is 4.98 Å². The Morgan fingerprint density at radius 2 is 2.04 bits per heavy atom. The van der Waals surface area contributed by atoms with Crippen molar-refractivity contribution in [2.45, 2.75) is 19.6 Å². The van der Waals surface area contributed by atoms with E-state index in [4.69, 9.17) is 14.2 Å². The van der Waals surface area contributed by atoms with E-state index in [9.17, 15) is 13.6 Å². The van der Waals surface area contributed by atoms with Gasteiger partial charge in [0.05, 0.1) is 24.2 Å². The maximum Gasteiger partial charge on any atom is 0.332 e. The van der Waals surface area contributed by atoms with Gasteiger partial charge in [-0.2, -0.15) is 8.78 Å². The molecule has 0 aliphatic carbocycles. The lowest BCUT2D eigenvalue weighted by Crippen LogP contribution is -2.19. The number of hydrogen-bond acceptors (Lipinski definition) is 5. The minimum absolute atomic E-state index is 0.00792. The number of nitrogens with zero attached hydrogens (tertiary/aromatic N) is 2. The highest BCUT2D eigenvalue weighted by Crippen LogP contribution is 2.28. The number of halogens is 2. The number of benzene rings is 1. The monoisotopic (exact) mass is 328 g/mol. The van der Waals surface area contributed by atoms with Crippen molar-refractivity contribution in [3.63, 3.8) is 0 Å². The molecular formula is C15H18F2N2O4. The van der Waals surface area contributed by atoms with Gasteiger partial charge < -0.3 is 14.2 Å². The zero-order valence-corrected chi connectivity index (χ0v) is 12.9. The third-order valence-corrected chi connectivity index (χ3v) is 3.14. The maximum absolute atomic E-state index is 13.3. The van der Waals surface area contributed by atoms with Gasteiger partial charge in [-0.3, -0.25) is 4.57 Å². The molecule has 1 aromatic heterocycles. The molecule has 126 valence electrons. The van der Waals surface area contributed by atoms with E-state index in [0.717, 1.165) is 4.57 Å². The first-order valence-corrected chi connectivity index (χ1v) is 7.05. The van der Waals surface area contributed by atoms with Crippen LogP contribution in [-0.4, -0.2) is 42.5 Å². The largest absolute Gasteiger partial charge is 0.453 e. The molecule has 2 rings (SSSR count). The van der Waals surface area contributed by atoms with E-state index in [-0.39, 0.29) is 24.6 Å². The second-order valence-corrected chi connectivity index (χ2v) is 4.78. The molecule has 23 heavy (non-hydrogen) atoms. The van der Waals surface area contributed by atoms with Gasteiger partial charge in [0, 0.05) is 7.11 Å². The molecule has 0 amide bonds. The number of esters is 1. The fraction of sp³-hybridized carbons (Fsp3) is 0.467. The van der Waals surface area contributed by atoms with Crippen LogP contribution in [-0.2, 0) is 19.0 Å². The molecule has 0 radical (unpaired) electrons. The summed E-state index contributed by atoms with van der Waals surface area (Å²) in [6.07, 6.45) is -0.921. The SMILES string of the molecule is COCCOCC(=O)OC(C)c1nc2ccccc2n1C(F)F. The highest BCUT2D eigenvalue weighted by molar-refractivity contribution is 5.76. The Morgan fingerprint density at radius 3 is 2.74 bits per heavy atom. The van der Waals surface area contributed by atoms with Gasteiger partial charge >= 0.3 is 12.5 Å². The fourth-order valence-electron chi connectivity index (χ4n) is 2.14. The standard InChI is InChI=1S/C15H18F2N2O4/c1-10(23-13(20)9-22-8-7-21-2)14-18-11-5-3-4-6-12(11)19(14)15(16)17/h3-6,10,15H,7-9H2,1-2H3. The van der Waals surface area contributed by atoms with Gasteiger partial charge in [-0.05, 0) is 19.1 Å². The quantitative estimate of drug-likeness (QED) is 0.551. The minimum Gasteiger partial charge on any atom is -0.453 e. The molecule has 0 bridgehead atoms. The Kier molecular flexibility index (Phi) is 6.00. The average molecular weight is 328 g/mol. The summed E-state index contributed by atoms with van der Waals surface area (Å²) in [6.45, 7) is -0.966. The van der Waals surface area contributed by atoms with Gasteiger partial charge in [0.25, 0.3) is 0 Å². The lowest BCUT2D eigenvalue weighted by atomic mass is 10.3. The lowest BCUT2D eigenvalue weighted by molar-refractivity contribution is -0.155. The smallest absolute Gasteiger partial charge is 0.332 e. The topological polar surface area (TPSA) is 62.6 Å². The second-order valence-electron chi connectivity index (χ2n) is 4.78. The molecule has 1 aromatic carbocycles. The van der Waals surface area contributed by atoms with Crippen molar-refractivity contribution in [2.24, 2.45) is 0 Å². The van der Waals surface area contributed by atoms with Gasteiger partial charge in [0.2, 0.25) is 0 Å². The van der Waals surface area contributed by atoms with Crippen LogP contribution in [0.3, 0.4) is 0 Å². The van der Waals surface area contributed by atoms with Gasteiger partial charge in [0.1, 0.15) is 6.61 Å². The molecule has 0 aliphatic rings. The predicted octanol–water partition coefficient (Wildman–Crippen LogP) is 2.70. The van der Waals surface area contributed by atoms with Crippen LogP contribution in [0.5, 0.6) is 0 Å². The predicted molar refractivity (Wildman–Crippen MR) is 78.2 cm³/mol. The number of aromatic nitrogens is 2. The average Bonchev–Trinajstić information content (AvgIpc) is 2.91. The summed E-state index contributed by atoms with van der Waals surface area (Å²) < 4.78 is 42.3. The molecule has 0 spiro atoms. The van der Waals surface area contributed by atoms with Crippen LogP contribution in [0.2, 0.25) is 0 Å². The van der Waals surface area contributed by atoms with Crippen molar-refractivity contribution < 1.29 is 27.8 Å². The summed E-state index contributed by atoms with van der Waals surface area (Å²) >= 11 is 0. The number of hydrogen-bond donors (Lipinski definition) is 0. The number of carbonyl (C=O) groups is 1. The highest BCUT2D eigenvalue weighted by atomic mass is 19.3. The van der Waals surface area contributed by atoms with Crippen molar-refractivity contribution in [1.29, 1.82) is 0 Å². The van der Waals surface area contributed by atoms with Crippen LogP contribution in [0.4, 0.5) is 8.78 Å².